The molecule has 4 nitrogen and oxygen atoms in total. The number of carbonyl (C=O) groups excluding carboxylic acids is 1. The molecule has 1 aliphatic rings. The van der Waals surface area contributed by atoms with Crippen LogP contribution >= 0.6 is 11.6 Å². The van der Waals surface area contributed by atoms with Gasteiger partial charge in [0.05, 0.1) is 6.61 Å². The van der Waals surface area contributed by atoms with E-state index in [1.165, 1.54) is 18.2 Å². The van der Waals surface area contributed by atoms with E-state index in [0.717, 1.165) is 18.1 Å². The second-order valence-electron chi connectivity index (χ2n) is 4.51. The fourth-order valence-corrected chi connectivity index (χ4v) is 1.97. The normalized spacial score (nSPS) is 13.8. The maximum absolute atomic E-state index is 9.18. The SMILES string of the molecule is CCOC=O.Clc1ccc2ccn(CC3CC3)c2n1. The highest BCUT2D eigenvalue weighted by Crippen LogP contribution is 2.31. The first kappa shape index (κ1) is 13.9. The highest BCUT2D eigenvalue weighted by atomic mass is 35.5. The summed E-state index contributed by atoms with van der Waals surface area (Å²) in [7, 11) is 0. The van der Waals surface area contributed by atoms with Crippen molar-refractivity contribution < 1.29 is 9.53 Å². The molecule has 0 unspecified atom stereocenters. The number of hydrogen-bond acceptors (Lipinski definition) is 3. The molecular formula is C14H17ClN2O2. The number of nitrogens with zero attached hydrogens (tertiary/aromatic N) is 2. The fraction of sp³-hybridized carbons (Fsp3) is 0.429. The first-order valence-electron chi connectivity index (χ1n) is 6.41. The van der Waals surface area contributed by atoms with Crippen LogP contribution in [0.25, 0.3) is 11.0 Å². The van der Waals surface area contributed by atoms with Crippen LogP contribution < -0.4 is 0 Å². The molecule has 0 N–H and O–H groups in total. The summed E-state index contributed by atoms with van der Waals surface area (Å²) in [5.74, 6) is 0.867. The average molecular weight is 281 g/mol. The summed E-state index contributed by atoms with van der Waals surface area (Å²) in [6.07, 6.45) is 4.83. The summed E-state index contributed by atoms with van der Waals surface area (Å²) >= 11 is 5.88. The highest BCUT2D eigenvalue weighted by molar-refractivity contribution is 6.29. The van der Waals surface area contributed by atoms with Gasteiger partial charge in [0.2, 0.25) is 0 Å². The average Bonchev–Trinajstić information content (AvgIpc) is 3.13. The van der Waals surface area contributed by atoms with Crippen molar-refractivity contribution in [1.29, 1.82) is 0 Å². The van der Waals surface area contributed by atoms with E-state index >= 15 is 0 Å². The molecule has 2 heterocycles. The van der Waals surface area contributed by atoms with Crippen molar-refractivity contribution in [1.82, 2.24) is 9.55 Å². The Morgan fingerprint density at radius 1 is 1.47 bits per heavy atom. The van der Waals surface area contributed by atoms with Gasteiger partial charge in [-0.2, -0.15) is 0 Å². The van der Waals surface area contributed by atoms with Gasteiger partial charge in [0.1, 0.15) is 10.8 Å². The highest BCUT2D eigenvalue weighted by Gasteiger charge is 2.22. The molecule has 0 atom stereocenters. The molecule has 0 radical (unpaired) electrons. The van der Waals surface area contributed by atoms with Crippen LogP contribution in [0, 0.1) is 5.92 Å². The Kier molecular flexibility index (Phi) is 4.80. The van der Waals surface area contributed by atoms with Crippen molar-refractivity contribution in [3.05, 3.63) is 29.5 Å². The van der Waals surface area contributed by atoms with Crippen LogP contribution in [-0.2, 0) is 16.1 Å². The van der Waals surface area contributed by atoms with Gasteiger partial charge in [-0.3, -0.25) is 4.79 Å². The molecule has 2 aromatic heterocycles. The first-order valence-corrected chi connectivity index (χ1v) is 6.79. The topological polar surface area (TPSA) is 44.1 Å². The van der Waals surface area contributed by atoms with Crippen LogP contribution in [0.3, 0.4) is 0 Å². The third-order valence-corrected chi connectivity index (χ3v) is 3.17. The molecule has 0 aromatic carbocycles. The van der Waals surface area contributed by atoms with Crippen molar-refractivity contribution in [3.63, 3.8) is 0 Å². The number of pyridine rings is 1. The standard InChI is InChI=1S/C11H11ClN2.C3H6O2/c12-10-4-3-9-5-6-14(11(9)13-10)7-8-1-2-8;1-2-5-3-4/h3-6,8H,1-2,7H2;3H,2H2,1H3. The van der Waals surface area contributed by atoms with Crippen LogP contribution in [-0.4, -0.2) is 22.6 Å². The van der Waals surface area contributed by atoms with Crippen molar-refractivity contribution >= 4 is 29.1 Å². The zero-order valence-electron chi connectivity index (χ0n) is 10.9. The van der Waals surface area contributed by atoms with Crippen LogP contribution in [0.15, 0.2) is 24.4 Å². The second-order valence-corrected chi connectivity index (χ2v) is 4.90. The Morgan fingerprint density at radius 3 is 2.84 bits per heavy atom. The van der Waals surface area contributed by atoms with E-state index in [-0.39, 0.29) is 0 Å². The van der Waals surface area contributed by atoms with Crippen molar-refractivity contribution in [2.24, 2.45) is 5.92 Å². The minimum absolute atomic E-state index is 0.431. The summed E-state index contributed by atoms with van der Waals surface area (Å²) in [4.78, 5) is 13.5. The molecule has 1 aliphatic carbocycles. The zero-order chi connectivity index (χ0) is 13.7. The van der Waals surface area contributed by atoms with Gasteiger partial charge < -0.3 is 9.30 Å². The third-order valence-electron chi connectivity index (χ3n) is 2.96. The summed E-state index contributed by atoms with van der Waals surface area (Å²) in [5, 5.41) is 1.75. The monoisotopic (exact) mass is 280 g/mol. The van der Waals surface area contributed by atoms with Gasteiger partial charge in [-0.05, 0) is 43.9 Å². The molecule has 0 aliphatic heterocycles. The predicted molar refractivity (Wildman–Crippen MR) is 75.2 cm³/mol. The molecule has 0 spiro atoms. The Labute approximate surface area is 117 Å². The van der Waals surface area contributed by atoms with Crippen molar-refractivity contribution in [3.8, 4) is 0 Å². The quantitative estimate of drug-likeness (QED) is 0.638. The van der Waals surface area contributed by atoms with E-state index < -0.39 is 0 Å². The number of hydrogen-bond donors (Lipinski definition) is 0. The van der Waals surface area contributed by atoms with E-state index in [0.29, 0.717) is 18.2 Å². The van der Waals surface area contributed by atoms with Gasteiger partial charge in [-0.25, -0.2) is 4.98 Å². The van der Waals surface area contributed by atoms with Crippen LogP contribution in [0.1, 0.15) is 19.8 Å². The maximum atomic E-state index is 9.18. The lowest BCUT2D eigenvalue weighted by Crippen LogP contribution is -1.98. The van der Waals surface area contributed by atoms with Gasteiger partial charge in [-0.1, -0.05) is 11.6 Å². The largest absolute Gasteiger partial charge is 0.468 e. The number of halogens is 1. The zero-order valence-corrected chi connectivity index (χ0v) is 11.6. The van der Waals surface area contributed by atoms with Gasteiger partial charge >= 0.3 is 0 Å². The van der Waals surface area contributed by atoms with Gasteiger partial charge in [0.25, 0.3) is 6.47 Å². The van der Waals surface area contributed by atoms with Crippen LogP contribution in [0.5, 0.6) is 0 Å². The lowest BCUT2D eigenvalue weighted by atomic mass is 10.3. The summed E-state index contributed by atoms with van der Waals surface area (Å²) in [5.41, 5.74) is 1.02. The molecule has 5 heteroatoms. The van der Waals surface area contributed by atoms with Gasteiger partial charge in [0.15, 0.2) is 0 Å². The summed E-state index contributed by atoms with van der Waals surface area (Å²) in [6, 6.07) is 5.96. The number of rotatable bonds is 4. The maximum Gasteiger partial charge on any atom is 0.293 e. The molecule has 1 saturated carbocycles. The molecule has 19 heavy (non-hydrogen) atoms. The smallest absolute Gasteiger partial charge is 0.293 e. The molecule has 102 valence electrons. The molecule has 0 bridgehead atoms. The number of ether oxygens (including phenoxy) is 1. The predicted octanol–water partition coefficient (Wildman–Crippen LogP) is 3.28. The molecule has 0 amide bonds. The Hall–Kier alpha value is -1.55. The fourth-order valence-electron chi connectivity index (χ4n) is 1.83. The van der Waals surface area contributed by atoms with E-state index in [9.17, 15) is 4.79 Å². The van der Waals surface area contributed by atoms with E-state index in [1.54, 1.807) is 6.92 Å². The molecular weight excluding hydrogens is 264 g/mol. The van der Waals surface area contributed by atoms with Crippen LogP contribution in [0.4, 0.5) is 0 Å². The number of carbonyl (C=O) groups is 1. The molecule has 3 rings (SSSR count). The Morgan fingerprint density at radius 2 is 2.26 bits per heavy atom. The first-order chi connectivity index (χ1) is 9.24. The summed E-state index contributed by atoms with van der Waals surface area (Å²) < 4.78 is 6.36. The number of fused-ring (bicyclic) bond motifs is 1. The van der Waals surface area contributed by atoms with Crippen LogP contribution in [0.2, 0.25) is 5.15 Å². The summed E-state index contributed by atoms with van der Waals surface area (Å²) in [6.45, 7) is 3.76. The molecule has 0 saturated heterocycles. The molecule has 1 fully saturated rings. The third kappa shape index (κ3) is 3.96. The van der Waals surface area contributed by atoms with E-state index in [4.69, 9.17) is 11.6 Å². The van der Waals surface area contributed by atoms with E-state index in [1.807, 2.05) is 12.1 Å². The van der Waals surface area contributed by atoms with E-state index in [2.05, 4.69) is 26.6 Å². The van der Waals surface area contributed by atoms with Gasteiger partial charge in [-0.15, -0.1) is 0 Å². The van der Waals surface area contributed by atoms with Crippen molar-refractivity contribution in [2.75, 3.05) is 6.61 Å². The van der Waals surface area contributed by atoms with Crippen molar-refractivity contribution in [2.45, 2.75) is 26.3 Å². The molecule has 2 aromatic rings. The van der Waals surface area contributed by atoms with Gasteiger partial charge in [0, 0.05) is 18.1 Å². The Balaban J connectivity index is 0.000000232. The lowest BCUT2D eigenvalue weighted by molar-refractivity contribution is -0.128. The number of aromatic nitrogens is 2. The minimum Gasteiger partial charge on any atom is -0.468 e. The Bertz CT molecular complexity index is 549. The lowest BCUT2D eigenvalue weighted by Gasteiger charge is -2.02. The minimum atomic E-state index is 0.431. The second kappa shape index (κ2) is 6.57.